The van der Waals surface area contributed by atoms with Crippen LogP contribution in [0.4, 0.5) is 0 Å². The predicted molar refractivity (Wildman–Crippen MR) is 81.0 cm³/mol. The van der Waals surface area contributed by atoms with E-state index in [1.54, 1.807) is 6.07 Å². The summed E-state index contributed by atoms with van der Waals surface area (Å²) in [5.74, 6) is -0.176. The molecule has 0 bridgehead atoms. The highest BCUT2D eigenvalue weighted by Crippen LogP contribution is 2.40. The molecule has 0 spiro atoms. The molecule has 1 N–H and O–H groups in total. The fourth-order valence-electron chi connectivity index (χ4n) is 2.17. The Morgan fingerprint density at radius 3 is 2.43 bits per heavy atom. The first kappa shape index (κ1) is 15.7. The predicted octanol–water partition coefficient (Wildman–Crippen LogP) is 4.50. The van der Waals surface area contributed by atoms with E-state index in [0.29, 0.717) is 28.0 Å². The molecular weight excluding hydrogens is 315 g/mol. The number of carboxylic acids is 1. The van der Waals surface area contributed by atoms with Gasteiger partial charge in [0.15, 0.2) is 0 Å². The van der Waals surface area contributed by atoms with Crippen LogP contribution in [-0.2, 0) is 6.42 Å². The summed E-state index contributed by atoms with van der Waals surface area (Å²) < 4.78 is 10.6. The van der Waals surface area contributed by atoms with Gasteiger partial charge in [-0.05, 0) is 37.1 Å². The van der Waals surface area contributed by atoms with Gasteiger partial charge < -0.3 is 14.3 Å². The minimum atomic E-state index is -1.11. The molecule has 0 fully saturated rings. The van der Waals surface area contributed by atoms with Gasteiger partial charge in [-0.15, -0.1) is 0 Å². The van der Waals surface area contributed by atoms with E-state index in [4.69, 9.17) is 37.5 Å². The van der Waals surface area contributed by atoms with Crippen LogP contribution < -0.4 is 4.74 Å². The third-order valence-corrected chi connectivity index (χ3v) is 4.36. The highest BCUT2D eigenvalue weighted by atomic mass is 35.5. The summed E-state index contributed by atoms with van der Waals surface area (Å²) in [5.41, 5.74) is 2.37. The van der Waals surface area contributed by atoms with Gasteiger partial charge in [0, 0.05) is 17.0 Å². The summed E-state index contributed by atoms with van der Waals surface area (Å²) in [5, 5.41) is 9.91. The zero-order chi connectivity index (χ0) is 15.7. The Bertz CT molecular complexity index is 704. The van der Waals surface area contributed by atoms with E-state index in [2.05, 4.69) is 0 Å². The molecule has 0 unspecified atom stereocenters. The lowest BCUT2D eigenvalue weighted by Gasteiger charge is -2.16. The highest BCUT2D eigenvalue weighted by Gasteiger charge is 2.20. The Balaban J connectivity index is 2.50. The molecule has 0 aliphatic rings. The van der Waals surface area contributed by atoms with Gasteiger partial charge in [0.25, 0.3) is 0 Å². The van der Waals surface area contributed by atoms with Gasteiger partial charge in [0.05, 0.1) is 12.1 Å². The fraction of sp³-hybridized carbons (Fsp3) is 0.267. The summed E-state index contributed by atoms with van der Waals surface area (Å²) in [7, 11) is 1.53. The van der Waals surface area contributed by atoms with Gasteiger partial charge in [-0.3, -0.25) is 0 Å². The number of benzene rings is 1. The molecular formula is C15H14Cl2O4. The van der Waals surface area contributed by atoms with E-state index < -0.39 is 5.97 Å². The number of methoxy groups -OCH3 is 1. The van der Waals surface area contributed by atoms with Gasteiger partial charge in [-0.25, -0.2) is 4.79 Å². The molecule has 0 aliphatic heterocycles. The molecule has 4 nitrogen and oxygen atoms in total. The number of carbonyl (C=O) groups is 1. The number of furan rings is 1. The molecule has 2 aromatic rings. The molecule has 21 heavy (non-hydrogen) atoms. The normalized spacial score (nSPS) is 10.7. The number of aromatic carboxylic acids is 1. The van der Waals surface area contributed by atoms with Gasteiger partial charge in [-0.1, -0.05) is 23.2 Å². The second-order valence-corrected chi connectivity index (χ2v) is 5.39. The summed E-state index contributed by atoms with van der Waals surface area (Å²) >= 11 is 12.5. The first-order chi connectivity index (χ1) is 9.86. The Morgan fingerprint density at radius 1 is 1.24 bits per heavy atom. The first-order valence-corrected chi connectivity index (χ1v) is 6.95. The van der Waals surface area contributed by atoms with Crippen LogP contribution in [0.3, 0.4) is 0 Å². The summed E-state index contributed by atoms with van der Waals surface area (Å²) in [6.45, 7) is 3.68. The van der Waals surface area contributed by atoms with Crippen molar-refractivity contribution in [3.8, 4) is 5.75 Å². The topological polar surface area (TPSA) is 59.7 Å². The molecule has 112 valence electrons. The van der Waals surface area contributed by atoms with E-state index in [1.165, 1.54) is 13.2 Å². The number of hydrogen-bond acceptors (Lipinski definition) is 3. The number of rotatable bonds is 4. The maximum Gasteiger partial charge on any atom is 0.371 e. The minimum Gasteiger partial charge on any atom is -0.495 e. The van der Waals surface area contributed by atoms with Crippen LogP contribution in [0.5, 0.6) is 5.75 Å². The molecule has 2 rings (SSSR count). The Labute approximate surface area is 132 Å². The van der Waals surface area contributed by atoms with Crippen molar-refractivity contribution in [2.24, 2.45) is 0 Å². The SMILES string of the molecule is COc1c(Cl)c(C)c(Cl)c(C)c1Cc1ccc(C(=O)O)o1. The third kappa shape index (κ3) is 2.87. The van der Waals surface area contributed by atoms with Gasteiger partial charge in [-0.2, -0.15) is 0 Å². The molecule has 0 aliphatic carbocycles. The van der Waals surface area contributed by atoms with E-state index in [0.717, 1.165) is 16.7 Å². The largest absolute Gasteiger partial charge is 0.495 e. The van der Waals surface area contributed by atoms with Crippen LogP contribution in [-0.4, -0.2) is 18.2 Å². The Morgan fingerprint density at radius 2 is 1.90 bits per heavy atom. The summed E-state index contributed by atoms with van der Waals surface area (Å²) in [6.07, 6.45) is 0.349. The molecule has 0 saturated heterocycles. The summed E-state index contributed by atoms with van der Waals surface area (Å²) in [6, 6.07) is 3.03. The molecule has 0 atom stereocenters. The van der Waals surface area contributed by atoms with Crippen LogP contribution in [0.25, 0.3) is 0 Å². The van der Waals surface area contributed by atoms with E-state index in [9.17, 15) is 4.79 Å². The van der Waals surface area contributed by atoms with Gasteiger partial charge in [0.1, 0.15) is 11.5 Å². The van der Waals surface area contributed by atoms with Crippen LogP contribution in [0.1, 0.15) is 33.0 Å². The van der Waals surface area contributed by atoms with Crippen molar-refractivity contribution < 1.29 is 19.1 Å². The van der Waals surface area contributed by atoms with Crippen molar-refractivity contribution in [1.29, 1.82) is 0 Å². The van der Waals surface area contributed by atoms with E-state index >= 15 is 0 Å². The second kappa shape index (κ2) is 6.00. The van der Waals surface area contributed by atoms with E-state index in [1.807, 2.05) is 13.8 Å². The van der Waals surface area contributed by atoms with Gasteiger partial charge in [0.2, 0.25) is 5.76 Å². The van der Waals surface area contributed by atoms with Crippen LogP contribution in [0.2, 0.25) is 10.0 Å². The molecule has 6 heteroatoms. The lowest BCUT2D eigenvalue weighted by molar-refractivity contribution is 0.0660. The third-order valence-electron chi connectivity index (χ3n) is 3.34. The average Bonchev–Trinajstić information content (AvgIpc) is 2.92. The van der Waals surface area contributed by atoms with Crippen LogP contribution >= 0.6 is 23.2 Å². The van der Waals surface area contributed by atoms with Crippen molar-refractivity contribution in [1.82, 2.24) is 0 Å². The second-order valence-electron chi connectivity index (χ2n) is 4.64. The number of hydrogen-bond donors (Lipinski definition) is 1. The molecule has 0 saturated carbocycles. The number of ether oxygens (including phenoxy) is 1. The Kier molecular flexibility index (Phi) is 4.49. The quantitative estimate of drug-likeness (QED) is 0.897. The van der Waals surface area contributed by atoms with Crippen molar-refractivity contribution in [2.45, 2.75) is 20.3 Å². The lowest BCUT2D eigenvalue weighted by atomic mass is 10.00. The molecule has 0 amide bonds. The van der Waals surface area contributed by atoms with Crippen molar-refractivity contribution in [3.63, 3.8) is 0 Å². The number of carboxylic acid groups (broad SMARTS) is 1. The maximum atomic E-state index is 10.8. The molecule has 1 aromatic heterocycles. The van der Waals surface area contributed by atoms with Crippen molar-refractivity contribution in [3.05, 3.63) is 50.4 Å². The molecule has 0 radical (unpaired) electrons. The number of halogens is 2. The smallest absolute Gasteiger partial charge is 0.371 e. The van der Waals surface area contributed by atoms with Crippen molar-refractivity contribution >= 4 is 29.2 Å². The molecule has 1 heterocycles. The van der Waals surface area contributed by atoms with E-state index in [-0.39, 0.29) is 5.76 Å². The zero-order valence-corrected chi connectivity index (χ0v) is 13.3. The van der Waals surface area contributed by atoms with Crippen LogP contribution in [0.15, 0.2) is 16.5 Å². The lowest BCUT2D eigenvalue weighted by Crippen LogP contribution is -2.00. The highest BCUT2D eigenvalue weighted by molar-refractivity contribution is 6.37. The summed E-state index contributed by atoms with van der Waals surface area (Å²) in [4.78, 5) is 10.8. The zero-order valence-electron chi connectivity index (χ0n) is 11.8. The van der Waals surface area contributed by atoms with Crippen molar-refractivity contribution in [2.75, 3.05) is 7.11 Å². The molecule has 1 aromatic carbocycles. The Hall–Kier alpha value is -1.65. The maximum absolute atomic E-state index is 10.8. The fourth-order valence-corrected chi connectivity index (χ4v) is 2.71. The standard InChI is InChI=1S/C15H14Cl2O4/c1-7-10(6-9-4-5-11(21-9)15(18)19)14(20-3)13(17)8(2)12(7)16/h4-5H,6H2,1-3H3,(H,18,19). The first-order valence-electron chi connectivity index (χ1n) is 6.19. The average molecular weight is 329 g/mol. The minimum absolute atomic E-state index is 0.106. The monoisotopic (exact) mass is 328 g/mol. The van der Waals surface area contributed by atoms with Gasteiger partial charge >= 0.3 is 5.97 Å². The van der Waals surface area contributed by atoms with Crippen LogP contribution in [0, 0.1) is 13.8 Å².